The molecular weight excluding hydrogens is 409 g/mol. The number of halogens is 1. The highest BCUT2D eigenvalue weighted by Crippen LogP contribution is 2.21. The van der Waals surface area contributed by atoms with Crippen LogP contribution < -0.4 is 10.9 Å². The number of benzene rings is 1. The summed E-state index contributed by atoms with van der Waals surface area (Å²) in [5.41, 5.74) is -0.811. The molecule has 0 fully saturated rings. The Morgan fingerprint density at radius 2 is 2.25 bits per heavy atom. The van der Waals surface area contributed by atoms with Crippen LogP contribution in [0.4, 0.5) is 15.8 Å². The molecule has 0 bridgehead atoms. The Kier molecular flexibility index (Phi) is 5.42. The molecule has 3 aromatic rings. The lowest BCUT2D eigenvalue weighted by Crippen LogP contribution is -2.28. The minimum atomic E-state index is -0.834. The van der Waals surface area contributed by atoms with Gasteiger partial charge in [0, 0.05) is 18.7 Å². The number of non-ortho nitro benzene ring substituents is 1. The lowest BCUT2D eigenvalue weighted by molar-refractivity contribution is -0.384. The lowest BCUT2D eigenvalue weighted by Gasteiger charge is -2.08. The second kappa shape index (κ2) is 7.78. The number of nitro groups is 1. The maximum Gasteiger partial charge on any atom is 0.273 e. The van der Waals surface area contributed by atoms with Gasteiger partial charge in [-0.25, -0.2) is 9.37 Å². The fraction of sp³-hybridized carbons (Fsp3) is 0.125. The van der Waals surface area contributed by atoms with E-state index in [1.807, 2.05) is 0 Å². The minimum Gasteiger partial charge on any atom is -0.322 e. The van der Waals surface area contributed by atoms with E-state index >= 15 is 0 Å². The van der Waals surface area contributed by atoms with Crippen molar-refractivity contribution in [3.63, 3.8) is 0 Å². The molecule has 2 aromatic heterocycles. The SMILES string of the molecule is C=CCn1c(=S)sc2c(=O)n(CC(=O)Nc3cc([N+](=O)[O-])ccc3F)cnc21. The Bertz CT molecular complexity index is 1230. The van der Waals surface area contributed by atoms with Crippen molar-refractivity contribution in [3.8, 4) is 0 Å². The van der Waals surface area contributed by atoms with Crippen LogP contribution in [0.15, 0.2) is 42.0 Å². The average Bonchev–Trinajstić information content (AvgIpc) is 2.96. The van der Waals surface area contributed by atoms with Crippen LogP contribution >= 0.6 is 23.6 Å². The Morgan fingerprint density at radius 3 is 2.93 bits per heavy atom. The van der Waals surface area contributed by atoms with E-state index in [-0.39, 0.29) is 16.1 Å². The molecule has 1 aromatic carbocycles. The normalized spacial score (nSPS) is 10.8. The van der Waals surface area contributed by atoms with Gasteiger partial charge >= 0.3 is 0 Å². The Morgan fingerprint density at radius 1 is 1.50 bits per heavy atom. The van der Waals surface area contributed by atoms with Crippen molar-refractivity contribution < 1.29 is 14.1 Å². The summed E-state index contributed by atoms with van der Waals surface area (Å²) in [6, 6.07) is 2.76. The smallest absolute Gasteiger partial charge is 0.273 e. The Hall–Kier alpha value is -3.25. The average molecular weight is 421 g/mol. The molecule has 0 saturated heterocycles. The van der Waals surface area contributed by atoms with E-state index in [1.165, 1.54) is 6.33 Å². The molecule has 12 heteroatoms. The van der Waals surface area contributed by atoms with Crippen LogP contribution in [0.2, 0.25) is 0 Å². The predicted molar refractivity (Wildman–Crippen MR) is 105 cm³/mol. The van der Waals surface area contributed by atoms with Gasteiger partial charge in [0.05, 0.1) is 10.6 Å². The summed E-state index contributed by atoms with van der Waals surface area (Å²) < 4.78 is 17.2. The van der Waals surface area contributed by atoms with Gasteiger partial charge in [0.25, 0.3) is 11.2 Å². The van der Waals surface area contributed by atoms with Crippen molar-refractivity contribution >= 4 is 51.2 Å². The summed E-state index contributed by atoms with van der Waals surface area (Å²) in [5.74, 6) is -1.57. The van der Waals surface area contributed by atoms with Crippen molar-refractivity contribution in [2.45, 2.75) is 13.1 Å². The van der Waals surface area contributed by atoms with Crippen LogP contribution in [-0.4, -0.2) is 24.9 Å². The molecular formula is C16H12FN5O4S2. The molecule has 0 spiro atoms. The van der Waals surface area contributed by atoms with Gasteiger partial charge in [-0.15, -0.1) is 6.58 Å². The Labute approximate surface area is 165 Å². The zero-order chi connectivity index (χ0) is 20.4. The van der Waals surface area contributed by atoms with Crippen LogP contribution in [0, 0.1) is 19.9 Å². The molecule has 0 aliphatic carbocycles. The van der Waals surface area contributed by atoms with Crippen molar-refractivity contribution in [3.05, 3.63) is 67.4 Å². The standard InChI is InChI=1S/C16H12FN5O4S2/c1-2-5-21-14-13(28-16(21)27)15(24)20(8-18-14)7-12(23)19-11-6-9(22(25)26)3-4-10(11)17/h2-4,6,8H,1,5,7H2,(H,19,23). The topological polar surface area (TPSA) is 112 Å². The molecule has 0 unspecified atom stereocenters. The molecule has 0 atom stereocenters. The fourth-order valence-electron chi connectivity index (χ4n) is 2.44. The number of rotatable bonds is 6. The number of thiazole rings is 1. The molecule has 3 rings (SSSR count). The molecule has 0 aliphatic rings. The molecule has 144 valence electrons. The first-order valence-corrected chi connectivity index (χ1v) is 8.97. The molecule has 28 heavy (non-hydrogen) atoms. The first-order chi connectivity index (χ1) is 13.3. The van der Waals surface area contributed by atoms with E-state index in [0.29, 0.717) is 16.1 Å². The predicted octanol–water partition coefficient (Wildman–Crippen LogP) is 2.86. The van der Waals surface area contributed by atoms with Crippen LogP contribution in [-0.2, 0) is 17.9 Å². The zero-order valence-electron chi connectivity index (χ0n) is 14.1. The van der Waals surface area contributed by atoms with E-state index in [9.17, 15) is 24.1 Å². The maximum atomic E-state index is 13.8. The number of fused-ring (bicyclic) bond motifs is 1. The summed E-state index contributed by atoms with van der Waals surface area (Å²) in [6.45, 7) is 3.57. The number of nitro benzene ring substituents is 1. The number of nitrogens with one attached hydrogen (secondary N) is 1. The van der Waals surface area contributed by atoms with Crippen LogP contribution in [0.5, 0.6) is 0 Å². The van der Waals surface area contributed by atoms with E-state index in [0.717, 1.165) is 34.1 Å². The number of carbonyl (C=O) groups excluding carboxylic acids is 1. The summed E-state index contributed by atoms with van der Waals surface area (Å²) in [6.07, 6.45) is 2.81. The number of aromatic nitrogens is 3. The zero-order valence-corrected chi connectivity index (χ0v) is 15.8. The quantitative estimate of drug-likeness (QED) is 0.283. The number of carbonyl (C=O) groups is 1. The van der Waals surface area contributed by atoms with E-state index in [4.69, 9.17) is 12.2 Å². The largest absolute Gasteiger partial charge is 0.322 e. The summed E-state index contributed by atoms with van der Waals surface area (Å²) >= 11 is 6.28. The van der Waals surface area contributed by atoms with Gasteiger partial charge in [-0.1, -0.05) is 17.4 Å². The fourth-order valence-corrected chi connectivity index (χ4v) is 3.76. The number of anilines is 1. The number of hydrogen-bond donors (Lipinski definition) is 1. The molecule has 2 heterocycles. The van der Waals surface area contributed by atoms with Gasteiger partial charge in [-0.05, 0) is 18.3 Å². The number of nitrogens with zero attached hydrogens (tertiary/aromatic N) is 4. The van der Waals surface area contributed by atoms with Gasteiger partial charge < -0.3 is 9.88 Å². The van der Waals surface area contributed by atoms with Crippen molar-refractivity contribution in [2.75, 3.05) is 5.32 Å². The first kappa shape index (κ1) is 19.5. The highest BCUT2D eigenvalue weighted by Gasteiger charge is 2.16. The molecule has 1 N–H and O–H groups in total. The van der Waals surface area contributed by atoms with Gasteiger partial charge in [-0.3, -0.25) is 24.3 Å². The van der Waals surface area contributed by atoms with Gasteiger partial charge in [-0.2, -0.15) is 0 Å². The van der Waals surface area contributed by atoms with Gasteiger partial charge in [0.15, 0.2) is 9.60 Å². The van der Waals surface area contributed by atoms with E-state index in [1.54, 1.807) is 10.6 Å². The summed E-state index contributed by atoms with van der Waals surface area (Å²) in [5, 5.41) is 13.0. The third-order valence-corrected chi connectivity index (χ3v) is 5.13. The van der Waals surface area contributed by atoms with Gasteiger partial charge in [0.2, 0.25) is 5.91 Å². The third kappa shape index (κ3) is 3.73. The van der Waals surface area contributed by atoms with Crippen molar-refractivity contribution in [1.82, 2.24) is 14.1 Å². The number of hydrogen-bond acceptors (Lipinski definition) is 7. The van der Waals surface area contributed by atoms with Crippen LogP contribution in [0.3, 0.4) is 0 Å². The molecule has 0 aliphatic heterocycles. The molecule has 1 amide bonds. The van der Waals surface area contributed by atoms with Crippen LogP contribution in [0.1, 0.15) is 0 Å². The van der Waals surface area contributed by atoms with E-state index < -0.39 is 28.8 Å². The number of amides is 1. The molecule has 0 radical (unpaired) electrons. The lowest BCUT2D eigenvalue weighted by atomic mass is 10.2. The highest BCUT2D eigenvalue weighted by molar-refractivity contribution is 7.73. The highest BCUT2D eigenvalue weighted by atomic mass is 32.1. The van der Waals surface area contributed by atoms with Crippen LogP contribution in [0.25, 0.3) is 10.3 Å². The number of allylic oxidation sites excluding steroid dienone is 1. The molecule has 9 nitrogen and oxygen atoms in total. The monoisotopic (exact) mass is 421 g/mol. The summed E-state index contributed by atoms with van der Waals surface area (Å²) in [4.78, 5) is 39.1. The Balaban J connectivity index is 1.88. The second-order valence-electron chi connectivity index (χ2n) is 5.57. The minimum absolute atomic E-state index is 0.281. The third-order valence-electron chi connectivity index (χ3n) is 3.70. The first-order valence-electron chi connectivity index (χ1n) is 7.75. The summed E-state index contributed by atoms with van der Waals surface area (Å²) in [7, 11) is 0. The van der Waals surface area contributed by atoms with Gasteiger partial charge in [0.1, 0.15) is 23.4 Å². The van der Waals surface area contributed by atoms with Crippen molar-refractivity contribution in [2.24, 2.45) is 0 Å². The maximum absolute atomic E-state index is 13.8. The molecule has 0 saturated carbocycles. The van der Waals surface area contributed by atoms with Crippen molar-refractivity contribution in [1.29, 1.82) is 0 Å². The second-order valence-corrected chi connectivity index (χ2v) is 7.21. The van der Waals surface area contributed by atoms with E-state index in [2.05, 4.69) is 16.9 Å².